The molecular formula is C22H29ClN2O3S. The number of hydrogen-bond donors (Lipinski definition) is 2. The molecule has 7 heteroatoms. The zero-order valence-electron chi connectivity index (χ0n) is 16.6. The number of sulfonamides is 1. The second-order valence-electron chi connectivity index (χ2n) is 7.39. The Bertz CT molecular complexity index is 866. The highest BCUT2D eigenvalue weighted by molar-refractivity contribution is 7.89. The van der Waals surface area contributed by atoms with Gasteiger partial charge in [-0.05, 0) is 61.2 Å². The highest BCUT2D eigenvalue weighted by Crippen LogP contribution is 2.18. The van der Waals surface area contributed by atoms with E-state index < -0.39 is 10.0 Å². The van der Waals surface area contributed by atoms with Crippen LogP contribution in [0.1, 0.15) is 37.7 Å². The van der Waals surface area contributed by atoms with Crippen LogP contribution in [-0.4, -0.2) is 34.2 Å². The minimum absolute atomic E-state index is 0.212. The van der Waals surface area contributed by atoms with Crippen LogP contribution >= 0.6 is 11.6 Å². The van der Waals surface area contributed by atoms with E-state index in [0.29, 0.717) is 30.6 Å². The first-order valence-electron chi connectivity index (χ1n) is 10.2. The SMILES string of the molecule is O=S(=O)(NCCc1cccc(OCCNC2CCCCC2)c1)c1ccc(Cl)cc1. The summed E-state index contributed by atoms with van der Waals surface area (Å²) in [6.07, 6.45) is 7.12. The molecule has 1 aliphatic rings. The number of hydrogen-bond acceptors (Lipinski definition) is 4. The van der Waals surface area contributed by atoms with Crippen LogP contribution in [0.25, 0.3) is 0 Å². The van der Waals surface area contributed by atoms with Crippen LogP contribution in [0.2, 0.25) is 5.02 Å². The minimum Gasteiger partial charge on any atom is -0.492 e. The van der Waals surface area contributed by atoms with Crippen LogP contribution < -0.4 is 14.8 Å². The lowest BCUT2D eigenvalue weighted by atomic mass is 9.96. The van der Waals surface area contributed by atoms with Crippen molar-refractivity contribution in [3.8, 4) is 5.75 Å². The highest BCUT2D eigenvalue weighted by Gasteiger charge is 2.13. The molecule has 0 heterocycles. The van der Waals surface area contributed by atoms with Gasteiger partial charge < -0.3 is 10.1 Å². The average molecular weight is 437 g/mol. The summed E-state index contributed by atoms with van der Waals surface area (Å²) in [5.74, 6) is 0.813. The largest absolute Gasteiger partial charge is 0.492 e. The normalized spacial score (nSPS) is 15.3. The van der Waals surface area contributed by atoms with E-state index in [9.17, 15) is 8.42 Å². The summed E-state index contributed by atoms with van der Waals surface area (Å²) in [5, 5.41) is 4.08. The Labute approximate surface area is 178 Å². The van der Waals surface area contributed by atoms with Crippen molar-refractivity contribution in [3.63, 3.8) is 0 Å². The number of halogens is 1. The minimum atomic E-state index is -3.53. The van der Waals surface area contributed by atoms with Crippen molar-refractivity contribution in [1.29, 1.82) is 0 Å². The predicted molar refractivity (Wildman–Crippen MR) is 117 cm³/mol. The lowest BCUT2D eigenvalue weighted by Gasteiger charge is -2.22. The standard InChI is InChI=1S/C22H29ClN2O3S/c23-19-9-11-22(12-10-19)29(26,27)25-14-13-18-5-4-8-21(17-18)28-16-15-24-20-6-2-1-3-7-20/h4-5,8-12,17,20,24-25H,1-3,6-7,13-16H2. The number of rotatable bonds is 10. The van der Waals surface area contributed by atoms with Gasteiger partial charge in [0.2, 0.25) is 10.0 Å². The monoisotopic (exact) mass is 436 g/mol. The van der Waals surface area contributed by atoms with Crippen LogP contribution in [0.3, 0.4) is 0 Å². The van der Waals surface area contributed by atoms with Crippen LogP contribution in [0.15, 0.2) is 53.4 Å². The molecule has 0 saturated heterocycles. The van der Waals surface area contributed by atoms with Crippen LogP contribution in [0, 0.1) is 0 Å². The molecule has 2 aromatic rings. The molecule has 158 valence electrons. The Morgan fingerprint density at radius 3 is 2.52 bits per heavy atom. The van der Waals surface area contributed by atoms with Crippen molar-refractivity contribution in [2.24, 2.45) is 0 Å². The molecule has 1 aliphatic carbocycles. The van der Waals surface area contributed by atoms with E-state index in [2.05, 4.69) is 10.0 Å². The second-order valence-corrected chi connectivity index (χ2v) is 9.59. The van der Waals surface area contributed by atoms with Gasteiger partial charge in [-0.15, -0.1) is 0 Å². The molecule has 3 rings (SSSR count). The van der Waals surface area contributed by atoms with Gasteiger partial charge in [0.05, 0.1) is 4.90 Å². The third-order valence-electron chi connectivity index (χ3n) is 5.14. The third kappa shape index (κ3) is 7.30. The van der Waals surface area contributed by atoms with E-state index in [1.165, 1.54) is 44.2 Å². The Morgan fingerprint density at radius 2 is 1.76 bits per heavy atom. The third-order valence-corrected chi connectivity index (χ3v) is 6.87. The Hall–Kier alpha value is -1.60. The fourth-order valence-corrected chi connectivity index (χ4v) is 4.71. The lowest BCUT2D eigenvalue weighted by molar-refractivity contribution is 0.289. The highest BCUT2D eigenvalue weighted by atomic mass is 35.5. The molecule has 1 saturated carbocycles. The van der Waals surface area contributed by atoms with Crippen molar-refractivity contribution in [2.45, 2.75) is 49.5 Å². The molecule has 0 radical (unpaired) electrons. The molecule has 1 fully saturated rings. The Morgan fingerprint density at radius 1 is 1.00 bits per heavy atom. The van der Waals surface area contributed by atoms with Gasteiger partial charge in [0, 0.05) is 24.2 Å². The predicted octanol–water partition coefficient (Wildman–Crippen LogP) is 4.16. The van der Waals surface area contributed by atoms with Gasteiger partial charge in [-0.2, -0.15) is 0 Å². The smallest absolute Gasteiger partial charge is 0.240 e. The van der Waals surface area contributed by atoms with Crippen molar-refractivity contribution in [2.75, 3.05) is 19.7 Å². The Kier molecular flexibility index (Phi) is 8.36. The summed E-state index contributed by atoms with van der Waals surface area (Å²) in [5.41, 5.74) is 1.03. The molecule has 0 aromatic heterocycles. The van der Waals surface area contributed by atoms with E-state index in [0.717, 1.165) is 17.9 Å². The average Bonchev–Trinajstić information content (AvgIpc) is 2.73. The van der Waals surface area contributed by atoms with Gasteiger partial charge in [0.15, 0.2) is 0 Å². The molecular weight excluding hydrogens is 408 g/mol. The number of nitrogens with one attached hydrogen (secondary N) is 2. The van der Waals surface area contributed by atoms with E-state index in [1.54, 1.807) is 12.1 Å². The maximum atomic E-state index is 12.3. The molecule has 5 nitrogen and oxygen atoms in total. The molecule has 29 heavy (non-hydrogen) atoms. The molecule has 0 unspecified atom stereocenters. The van der Waals surface area contributed by atoms with Gasteiger partial charge in [-0.25, -0.2) is 13.1 Å². The first-order valence-corrected chi connectivity index (χ1v) is 12.1. The fourth-order valence-electron chi connectivity index (χ4n) is 3.56. The fraction of sp³-hybridized carbons (Fsp3) is 0.455. The van der Waals surface area contributed by atoms with Gasteiger partial charge >= 0.3 is 0 Å². The molecule has 0 atom stereocenters. The van der Waals surface area contributed by atoms with E-state index in [1.807, 2.05) is 24.3 Å². The number of ether oxygens (including phenoxy) is 1. The summed E-state index contributed by atoms with van der Waals surface area (Å²) in [6, 6.07) is 14.6. The molecule has 0 spiro atoms. The topological polar surface area (TPSA) is 67.4 Å². The van der Waals surface area contributed by atoms with Crippen molar-refractivity contribution >= 4 is 21.6 Å². The maximum absolute atomic E-state index is 12.3. The first-order chi connectivity index (χ1) is 14.0. The van der Waals surface area contributed by atoms with Gasteiger partial charge in [-0.3, -0.25) is 0 Å². The summed E-state index contributed by atoms with van der Waals surface area (Å²) >= 11 is 5.81. The molecule has 0 amide bonds. The molecule has 2 N–H and O–H groups in total. The van der Waals surface area contributed by atoms with E-state index >= 15 is 0 Å². The quantitative estimate of drug-likeness (QED) is 0.549. The van der Waals surface area contributed by atoms with Crippen molar-refractivity contribution in [1.82, 2.24) is 10.0 Å². The van der Waals surface area contributed by atoms with Gasteiger partial charge in [0.1, 0.15) is 12.4 Å². The van der Waals surface area contributed by atoms with E-state index in [4.69, 9.17) is 16.3 Å². The van der Waals surface area contributed by atoms with Gasteiger partial charge in [-0.1, -0.05) is 43.0 Å². The van der Waals surface area contributed by atoms with Crippen molar-refractivity contribution < 1.29 is 13.2 Å². The van der Waals surface area contributed by atoms with Crippen LogP contribution in [0.5, 0.6) is 5.75 Å². The first kappa shape index (κ1) is 22.1. The Balaban J connectivity index is 1.41. The summed E-state index contributed by atoms with van der Waals surface area (Å²) in [7, 11) is -3.53. The molecule has 2 aromatic carbocycles. The van der Waals surface area contributed by atoms with Crippen molar-refractivity contribution in [3.05, 3.63) is 59.1 Å². The van der Waals surface area contributed by atoms with Crippen LogP contribution in [-0.2, 0) is 16.4 Å². The van der Waals surface area contributed by atoms with E-state index in [-0.39, 0.29) is 4.90 Å². The van der Waals surface area contributed by atoms with Crippen LogP contribution in [0.4, 0.5) is 0 Å². The summed E-state index contributed by atoms with van der Waals surface area (Å²) in [4.78, 5) is 0.212. The second kappa shape index (κ2) is 11.0. The zero-order valence-corrected chi connectivity index (χ0v) is 18.1. The molecule has 0 aliphatic heterocycles. The van der Waals surface area contributed by atoms with Gasteiger partial charge in [0.25, 0.3) is 0 Å². The lowest BCUT2D eigenvalue weighted by Crippen LogP contribution is -2.34. The number of benzene rings is 2. The molecule has 0 bridgehead atoms. The summed E-state index contributed by atoms with van der Waals surface area (Å²) in [6.45, 7) is 1.79. The maximum Gasteiger partial charge on any atom is 0.240 e. The zero-order chi connectivity index (χ0) is 20.5. The summed E-state index contributed by atoms with van der Waals surface area (Å²) < 4.78 is 33.1.